The average Bonchev–Trinajstić information content (AvgIpc) is 2.71. The van der Waals surface area contributed by atoms with Crippen LogP contribution in [0.15, 0.2) is 30.3 Å². The lowest BCUT2D eigenvalue weighted by molar-refractivity contribution is -0.0497. The van der Waals surface area contributed by atoms with E-state index in [1.54, 1.807) is 12.1 Å². The highest BCUT2D eigenvalue weighted by molar-refractivity contribution is 5.85. The van der Waals surface area contributed by atoms with E-state index in [0.29, 0.717) is 11.3 Å². The fraction of sp³-hybridized carbons (Fsp3) is 0.600. The van der Waals surface area contributed by atoms with Gasteiger partial charge in [-0.25, -0.2) is 4.39 Å². The maximum absolute atomic E-state index is 14.8. The van der Waals surface area contributed by atoms with Gasteiger partial charge in [-0.15, -0.1) is 0 Å². The zero-order chi connectivity index (χ0) is 20.4. The van der Waals surface area contributed by atoms with Crippen molar-refractivity contribution in [1.29, 1.82) is 0 Å². The number of rotatable bonds is 6. The fourth-order valence-corrected chi connectivity index (χ4v) is 5.77. The van der Waals surface area contributed by atoms with Crippen LogP contribution in [0.3, 0.4) is 0 Å². The third-order valence-electron chi connectivity index (χ3n) is 7.28. The molecule has 2 aromatic carbocycles. The van der Waals surface area contributed by atoms with Gasteiger partial charge in [-0.05, 0) is 84.9 Å². The molecule has 2 saturated carbocycles. The fourth-order valence-electron chi connectivity index (χ4n) is 5.77. The highest BCUT2D eigenvalue weighted by Crippen LogP contribution is 2.48. The lowest BCUT2D eigenvalue weighted by Crippen LogP contribution is -2.30. The molecule has 0 aromatic heterocycles. The van der Waals surface area contributed by atoms with E-state index in [1.807, 2.05) is 6.07 Å². The lowest BCUT2D eigenvalue weighted by Gasteiger charge is -2.42. The highest BCUT2D eigenvalue weighted by atomic mass is 19.3. The number of alkyl halides is 2. The topological polar surface area (TPSA) is 9.23 Å². The summed E-state index contributed by atoms with van der Waals surface area (Å²) < 4.78 is 44.1. The van der Waals surface area contributed by atoms with Gasteiger partial charge in [-0.2, -0.15) is 8.78 Å². The van der Waals surface area contributed by atoms with Gasteiger partial charge in [0.15, 0.2) is 0 Å². The Morgan fingerprint density at radius 2 is 1.79 bits per heavy atom. The third kappa shape index (κ3) is 4.73. The van der Waals surface area contributed by atoms with E-state index in [4.69, 9.17) is 0 Å². The Labute approximate surface area is 171 Å². The number of hydrogen-bond acceptors (Lipinski definition) is 1. The number of halogens is 3. The van der Waals surface area contributed by atoms with Gasteiger partial charge in [0.1, 0.15) is 11.6 Å². The Morgan fingerprint density at radius 3 is 2.59 bits per heavy atom. The number of unbranched alkanes of at least 4 members (excludes halogenated alkanes) is 1. The number of hydrogen-bond donors (Lipinski definition) is 0. The molecule has 4 rings (SSSR count). The van der Waals surface area contributed by atoms with Crippen LogP contribution in [0.4, 0.5) is 13.2 Å². The van der Waals surface area contributed by atoms with Crippen molar-refractivity contribution in [3.8, 4) is 5.75 Å². The zero-order valence-corrected chi connectivity index (χ0v) is 17.2. The highest BCUT2D eigenvalue weighted by Gasteiger charge is 2.35. The van der Waals surface area contributed by atoms with Crippen molar-refractivity contribution < 1.29 is 17.9 Å². The Balaban J connectivity index is 1.47. The summed E-state index contributed by atoms with van der Waals surface area (Å²) in [6.07, 6.45) is 11.6. The van der Waals surface area contributed by atoms with Crippen LogP contribution in [-0.2, 0) is 0 Å². The predicted molar refractivity (Wildman–Crippen MR) is 111 cm³/mol. The van der Waals surface area contributed by atoms with Crippen LogP contribution < -0.4 is 4.74 Å². The molecule has 2 aromatic rings. The molecule has 4 heteroatoms. The van der Waals surface area contributed by atoms with E-state index in [1.165, 1.54) is 57.1 Å². The zero-order valence-electron chi connectivity index (χ0n) is 17.2. The second-order valence-electron chi connectivity index (χ2n) is 9.12. The average molecular weight is 405 g/mol. The summed E-state index contributed by atoms with van der Waals surface area (Å²) in [5.74, 6) is 2.59. The van der Waals surface area contributed by atoms with Crippen molar-refractivity contribution in [2.75, 3.05) is 0 Å². The van der Waals surface area contributed by atoms with Crippen LogP contribution in [0.25, 0.3) is 10.8 Å². The molecule has 0 spiro atoms. The first kappa shape index (κ1) is 20.6. The molecule has 0 radical (unpaired) electrons. The van der Waals surface area contributed by atoms with Crippen LogP contribution in [0, 0.1) is 23.6 Å². The van der Waals surface area contributed by atoms with E-state index >= 15 is 0 Å². The van der Waals surface area contributed by atoms with Crippen molar-refractivity contribution in [3.05, 3.63) is 41.7 Å². The molecule has 4 atom stereocenters. The van der Waals surface area contributed by atoms with Crippen molar-refractivity contribution in [2.45, 2.75) is 77.2 Å². The van der Waals surface area contributed by atoms with Gasteiger partial charge in [0.05, 0.1) is 0 Å². The molecule has 2 fully saturated rings. The van der Waals surface area contributed by atoms with Crippen LogP contribution in [-0.4, -0.2) is 6.61 Å². The Morgan fingerprint density at radius 1 is 1.00 bits per heavy atom. The monoisotopic (exact) mass is 404 g/mol. The van der Waals surface area contributed by atoms with Crippen molar-refractivity contribution in [2.24, 2.45) is 17.8 Å². The second kappa shape index (κ2) is 8.97. The number of fused-ring (bicyclic) bond motifs is 2. The molecule has 0 bridgehead atoms. The van der Waals surface area contributed by atoms with Crippen LogP contribution >= 0.6 is 0 Å². The molecule has 158 valence electrons. The van der Waals surface area contributed by atoms with Crippen molar-refractivity contribution >= 4 is 10.8 Å². The van der Waals surface area contributed by atoms with Crippen molar-refractivity contribution in [3.63, 3.8) is 0 Å². The lowest BCUT2D eigenvalue weighted by atomic mass is 9.63. The molecule has 2 unspecified atom stereocenters. The minimum absolute atomic E-state index is 0.000471. The van der Waals surface area contributed by atoms with Crippen LogP contribution in [0.5, 0.6) is 5.75 Å². The summed E-state index contributed by atoms with van der Waals surface area (Å²) in [4.78, 5) is 0. The summed E-state index contributed by atoms with van der Waals surface area (Å²) in [6.45, 7) is -0.631. The van der Waals surface area contributed by atoms with Crippen molar-refractivity contribution in [1.82, 2.24) is 0 Å². The first-order valence-corrected chi connectivity index (χ1v) is 11.2. The number of ether oxygens (including phenoxy) is 1. The van der Waals surface area contributed by atoms with Crippen LogP contribution in [0.2, 0.25) is 0 Å². The summed E-state index contributed by atoms with van der Waals surface area (Å²) in [6, 6.07) is 8.21. The minimum atomic E-state index is -2.90. The normalized spacial score (nSPS) is 27.2. The van der Waals surface area contributed by atoms with E-state index in [2.05, 4.69) is 11.7 Å². The minimum Gasteiger partial charge on any atom is -0.435 e. The molecule has 0 saturated heterocycles. The Hall–Kier alpha value is -1.71. The first-order valence-electron chi connectivity index (χ1n) is 11.2. The van der Waals surface area contributed by atoms with Crippen LogP contribution in [0.1, 0.15) is 76.2 Å². The summed E-state index contributed by atoms with van der Waals surface area (Å²) >= 11 is 0. The maximum atomic E-state index is 14.8. The van der Waals surface area contributed by atoms with E-state index in [-0.39, 0.29) is 11.6 Å². The van der Waals surface area contributed by atoms with Gasteiger partial charge >= 0.3 is 6.61 Å². The summed E-state index contributed by atoms with van der Waals surface area (Å²) in [7, 11) is 0. The van der Waals surface area contributed by atoms with Gasteiger partial charge < -0.3 is 4.74 Å². The molecule has 2 aliphatic rings. The van der Waals surface area contributed by atoms with E-state index < -0.39 is 6.61 Å². The molecule has 0 N–H and O–H groups in total. The standard InChI is InChI=1S/C25H31F3O/c1-2-3-4-16-5-6-18-12-19(8-7-17(18)11-16)21-13-20-9-10-22(29-25(27)28)15-23(20)24(26)14-21/h9-10,13-19,25H,2-8,11-12H2,1H3/t16-,17?,18-,19?/m1/s1. The quantitative estimate of drug-likeness (QED) is 0.473. The third-order valence-corrected chi connectivity index (χ3v) is 7.28. The van der Waals surface area contributed by atoms with E-state index in [0.717, 1.165) is 41.5 Å². The predicted octanol–water partition coefficient (Wildman–Crippen LogP) is 8.07. The molecule has 1 nitrogen and oxygen atoms in total. The van der Waals surface area contributed by atoms with Gasteiger partial charge in [0.2, 0.25) is 0 Å². The molecule has 2 aliphatic carbocycles. The van der Waals surface area contributed by atoms with E-state index in [9.17, 15) is 13.2 Å². The Bertz CT molecular complexity index is 834. The molecule has 0 aliphatic heterocycles. The summed E-state index contributed by atoms with van der Waals surface area (Å²) in [5, 5.41) is 1.10. The largest absolute Gasteiger partial charge is 0.435 e. The van der Waals surface area contributed by atoms with Gasteiger partial charge in [-0.3, -0.25) is 0 Å². The molecular weight excluding hydrogens is 373 g/mol. The number of benzene rings is 2. The second-order valence-corrected chi connectivity index (χ2v) is 9.12. The van der Waals surface area contributed by atoms with Gasteiger partial charge in [0.25, 0.3) is 0 Å². The SMILES string of the molecule is CCCC[C@@H]1CC[C@@H]2CC(c3cc(F)c4cc(OC(F)F)ccc4c3)CCC2C1. The maximum Gasteiger partial charge on any atom is 0.387 e. The van der Waals surface area contributed by atoms with Gasteiger partial charge in [0, 0.05) is 5.39 Å². The summed E-state index contributed by atoms with van der Waals surface area (Å²) in [5.41, 5.74) is 1.06. The first-order chi connectivity index (χ1) is 14.0. The molecule has 0 amide bonds. The molecule has 0 heterocycles. The molecular formula is C25H31F3O. The van der Waals surface area contributed by atoms with Gasteiger partial charge in [-0.1, -0.05) is 44.7 Å². The molecule has 29 heavy (non-hydrogen) atoms. The smallest absolute Gasteiger partial charge is 0.387 e. The Kier molecular flexibility index (Phi) is 6.36.